The van der Waals surface area contributed by atoms with Crippen LogP contribution < -0.4 is 5.32 Å². The van der Waals surface area contributed by atoms with Crippen LogP contribution in [-0.4, -0.2) is 25.3 Å². The third-order valence-electron chi connectivity index (χ3n) is 6.15. The zero-order chi connectivity index (χ0) is 12.1. The molecule has 3 unspecified atom stereocenters. The smallest absolute Gasteiger partial charge is 0.0637 e. The van der Waals surface area contributed by atoms with Gasteiger partial charge in [-0.3, -0.25) is 0 Å². The highest BCUT2D eigenvalue weighted by atomic mass is 16.5. The number of rotatable bonds is 5. The first-order valence-electron chi connectivity index (χ1n) is 7.39. The lowest BCUT2D eigenvalue weighted by Gasteiger charge is -2.38. The molecule has 3 rings (SSSR count). The first kappa shape index (κ1) is 12.0. The Labute approximate surface area is 105 Å². The fourth-order valence-electron chi connectivity index (χ4n) is 4.13. The molecule has 2 bridgehead atoms. The molecule has 3 atom stereocenters. The van der Waals surface area contributed by atoms with Crippen LogP contribution in [0.4, 0.5) is 0 Å². The molecule has 0 aromatic carbocycles. The Morgan fingerprint density at radius 2 is 1.94 bits per heavy atom. The van der Waals surface area contributed by atoms with Crippen LogP contribution in [0.15, 0.2) is 0 Å². The predicted octanol–water partition coefficient (Wildman–Crippen LogP) is 2.97. The molecule has 0 heterocycles. The molecule has 1 N–H and O–H groups in total. The summed E-state index contributed by atoms with van der Waals surface area (Å²) in [7, 11) is 0. The molecule has 2 heteroatoms. The van der Waals surface area contributed by atoms with E-state index in [9.17, 15) is 0 Å². The van der Waals surface area contributed by atoms with Gasteiger partial charge in [-0.15, -0.1) is 0 Å². The molecule has 3 aliphatic carbocycles. The summed E-state index contributed by atoms with van der Waals surface area (Å²) < 4.78 is 6.19. The third-order valence-corrected chi connectivity index (χ3v) is 6.15. The average molecular weight is 237 g/mol. The van der Waals surface area contributed by atoms with Gasteiger partial charge in [0.25, 0.3) is 0 Å². The first-order valence-corrected chi connectivity index (χ1v) is 7.39. The van der Waals surface area contributed by atoms with Crippen LogP contribution in [0, 0.1) is 16.7 Å². The molecule has 0 amide bonds. The molecule has 0 saturated heterocycles. The van der Waals surface area contributed by atoms with Crippen LogP contribution in [0.25, 0.3) is 0 Å². The van der Waals surface area contributed by atoms with E-state index < -0.39 is 0 Å². The van der Waals surface area contributed by atoms with Crippen LogP contribution in [0.2, 0.25) is 0 Å². The lowest BCUT2D eigenvalue weighted by molar-refractivity contribution is -0.0450. The minimum Gasteiger partial charge on any atom is -0.376 e. The van der Waals surface area contributed by atoms with Gasteiger partial charge in [-0.1, -0.05) is 20.8 Å². The predicted molar refractivity (Wildman–Crippen MR) is 70.0 cm³/mol. The van der Waals surface area contributed by atoms with Crippen LogP contribution >= 0.6 is 0 Å². The molecule has 3 aliphatic rings. The largest absolute Gasteiger partial charge is 0.376 e. The van der Waals surface area contributed by atoms with Gasteiger partial charge in [0.15, 0.2) is 0 Å². The summed E-state index contributed by atoms with van der Waals surface area (Å²) in [5, 5.41) is 3.53. The molecule has 2 nitrogen and oxygen atoms in total. The second-order valence-corrected chi connectivity index (χ2v) is 7.20. The van der Waals surface area contributed by atoms with Crippen molar-refractivity contribution in [2.75, 3.05) is 13.2 Å². The van der Waals surface area contributed by atoms with Crippen molar-refractivity contribution in [3.63, 3.8) is 0 Å². The summed E-state index contributed by atoms with van der Waals surface area (Å²) in [6, 6.07) is 0.811. The zero-order valence-corrected chi connectivity index (χ0v) is 11.6. The normalized spacial score (nSPS) is 43.2. The SMILES string of the molecule is CC1(C)C2CCC1(C)C(OCCNC1CC1)C2. The Bertz CT molecular complexity index is 297. The van der Waals surface area contributed by atoms with Crippen molar-refractivity contribution in [3.05, 3.63) is 0 Å². The molecule has 0 radical (unpaired) electrons. The Balaban J connectivity index is 1.51. The summed E-state index contributed by atoms with van der Waals surface area (Å²) in [5.41, 5.74) is 0.916. The summed E-state index contributed by atoms with van der Waals surface area (Å²) >= 11 is 0. The van der Waals surface area contributed by atoms with Crippen LogP contribution in [0.5, 0.6) is 0 Å². The lowest BCUT2D eigenvalue weighted by Crippen LogP contribution is -2.38. The van der Waals surface area contributed by atoms with Gasteiger partial charge in [-0.2, -0.15) is 0 Å². The Kier molecular flexibility index (Phi) is 2.79. The van der Waals surface area contributed by atoms with Crippen LogP contribution in [-0.2, 0) is 4.74 Å². The topological polar surface area (TPSA) is 21.3 Å². The van der Waals surface area contributed by atoms with Crippen LogP contribution in [0.1, 0.15) is 52.9 Å². The highest BCUT2D eigenvalue weighted by Gasteiger charge is 2.61. The zero-order valence-electron chi connectivity index (χ0n) is 11.6. The highest BCUT2D eigenvalue weighted by molar-refractivity contribution is 5.11. The molecule has 0 spiro atoms. The van der Waals surface area contributed by atoms with E-state index >= 15 is 0 Å². The van der Waals surface area contributed by atoms with Crippen molar-refractivity contribution in [1.29, 1.82) is 0 Å². The van der Waals surface area contributed by atoms with Gasteiger partial charge in [0, 0.05) is 12.6 Å². The van der Waals surface area contributed by atoms with Gasteiger partial charge in [0.1, 0.15) is 0 Å². The Morgan fingerprint density at radius 3 is 2.47 bits per heavy atom. The number of fused-ring (bicyclic) bond motifs is 2. The second kappa shape index (κ2) is 3.96. The van der Waals surface area contributed by atoms with Crippen molar-refractivity contribution in [1.82, 2.24) is 5.32 Å². The monoisotopic (exact) mass is 237 g/mol. The van der Waals surface area contributed by atoms with E-state index in [1.807, 2.05) is 0 Å². The second-order valence-electron chi connectivity index (χ2n) is 7.20. The number of ether oxygens (including phenoxy) is 1. The minimum atomic E-state index is 0.428. The molecule has 0 aliphatic heterocycles. The first-order chi connectivity index (χ1) is 8.04. The Morgan fingerprint density at radius 1 is 1.18 bits per heavy atom. The van der Waals surface area contributed by atoms with E-state index in [0.717, 1.165) is 25.1 Å². The van der Waals surface area contributed by atoms with Gasteiger partial charge < -0.3 is 10.1 Å². The van der Waals surface area contributed by atoms with Gasteiger partial charge in [-0.25, -0.2) is 0 Å². The van der Waals surface area contributed by atoms with Crippen molar-refractivity contribution < 1.29 is 4.74 Å². The molecular formula is C15H27NO. The van der Waals surface area contributed by atoms with Crippen LogP contribution in [0.3, 0.4) is 0 Å². The fraction of sp³-hybridized carbons (Fsp3) is 1.00. The lowest BCUT2D eigenvalue weighted by atomic mass is 9.70. The summed E-state index contributed by atoms with van der Waals surface area (Å²) in [6.45, 7) is 9.31. The summed E-state index contributed by atoms with van der Waals surface area (Å²) in [6.07, 6.45) is 7.34. The van der Waals surface area contributed by atoms with Crippen molar-refractivity contribution in [3.8, 4) is 0 Å². The Hall–Kier alpha value is -0.0800. The maximum absolute atomic E-state index is 6.19. The molecule has 0 aromatic heterocycles. The summed E-state index contributed by atoms with van der Waals surface area (Å²) in [5.74, 6) is 0.897. The molecular weight excluding hydrogens is 210 g/mol. The van der Waals surface area contributed by atoms with Crippen molar-refractivity contribution in [2.24, 2.45) is 16.7 Å². The minimum absolute atomic E-state index is 0.428. The molecule has 3 fully saturated rings. The summed E-state index contributed by atoms with van der Waals surface area (Å²) in [4.78, 5) is 0. The number of hydrogen-bond acceptors (Lipinski definition) is 2. The standard InChI is InChI=1S/C15H27NO/c1-14(2)11-6-7-15(14,3)13(10-11)17-9-8-16-12-4-5-12/h11-13,16H,4-10H2,1-3H3. The van der Waals surface area contributed by atoms with E-state index in [1.165, 1.54) is 32.1 Å². The average Bonchev–Trinajstić information content (AvgIpc) is 3.04. The number of nitrogens with one attached hydrogen (secondary N) is 1. The van der Waals surface area contributed by atoms with Gasteiger partial charge in [0.05, 0.1) is 12.7 Å². The third kappa shape index (κ3) is 1.84. The van der Waals surface area contributed by atoms with E-state index in [1.54, 1.807) is 0 Å². The maximum atomic E-state index is 6.19. The maximum Gasteiger partial charge on any atom is 0.0637 e. The highest BCUT2D eigenvalue weighted by Crippen LogP contribution is 2.66. The molecule has 17 heavy (non-hydrogen) atoms. The van der Waals surface area contributed by atoms with E-state index in [2.05, 4.69) is 26.1 Å². The van der Waals surface area contributed by atoms with E-state index in [-0.39, 0.29) is 0 Å². The number of hydrogen-bond donors (Lipinski definition) is 1. The van der Waals surface area contributed by atoms with Gasteiger partial charge in [0.2, 0.25) is 0 Å². The van der Waals surface area contributed by atoms with E-state index in [0.29, 0.717) is 16.9 Å². The van der Waals surface area contributed by atoms with Crippen molar-refractivity contribution >= 4 is 0 Å². The fourth-order valence-corrected chi connectivity index (χ4v) is 4.13. The van der Waals surface area contributed by atoms with E-state index in [4.69, 9.17) is 4.74 Å². The van der Waals surface area contributed by atoms with Gasteiger partial charge >= 0.3 is 0 Å². The molecule has 3 saturated carbocycles. The molecule has 0 aromatic rings. The van der Waals surface area contributed by atoms with Crippen molar-refractivity contribution in [2.45, 2.75) is 65.0 Å². The molecule has 98 valence electrons. The van der Waals surface area contributed by atoms with Gasteiger partial charge in [-0.05, 0) is 48.9 Å². The quantitative estimate of drug-likeness (QED) is 0.742.